The van der Waals surface area contributed by atoms with Gasteiger partial charge in [0.15, 0.2) is 0 Å². The van der Waals surface area contributed by atoms with Gasteiger partial charge in [0.25, 0.3) is 0 Å². The Bertz CT molecular complexity index is 322. The predicted molar refractivity (Wildman–Crippen MR) is 64.7 cm³/mol. The molecule has 0 bridgehead atoms. The molecule has 0 saturated carbocycles. The van der Waals surface area contributed by atoms with Gasteiger partial charge in [-0.15, -0.1) is 0 Å². The van der Waals surface area contributed by atoms with E-state index < -0.39 is 0 Å². The zero-order valence-electron chi connectivity index (χ0n) is 9.26. The molecule has 0 aliphatic carbocycles. The van der Waals surface area contributed by atoms with Gasteiger partial charge in [-0.2, -0.15) is 0 Å². The highest BCUT2D eigenvalue weighted by Gasteiger charge is 2.03. The molecule has 0 saturated heterocycles. The minimum absolute atomic E-state index is 0.218. The summed E-state index contributed by atoms with van der Waals surface area (Å²) in [5.41, 5.74) is 2.59. The second-order valence-electron chi connectivity index (χ2n) is 4.76. The third kappa shape index (κ3) is 3.97. The molecule has 14 heavy (non-hydrogen) atoms. The van der Waals surface area contributed by atoms with E-state index in [-0.39, 0.29) is 5.41 Å². The fourth-order valence-electron chi connectivity index (χ4n) is 1.21. The summed E-state index contributed by atoms with van der Waals surface area (Å²) in [4.78, 5) is 0. The number of benzene rings is 1. The van der Waals surface area contributed by atoms with Crippen LogP contribution in [0.15, 0.2) is 24.3 Å². The van der Waals surface area contributed by atoms with Crippen LogP contribution in [0.25, 0.3) is 6.08 Å². The molecule has 0 nitrogen and oxygen atoms in total. The van der Waals surface area contributed by atoms with Gasteiger partial charge in [0.2, 0.25) is 0 Å². The SMILES string of the molecule is Cc1cc(Cl)cc(/C=C/C(C)(C)C)c1. The zero-order chi connectivity index (χ0) is 10.8. The molecule has 1 aromatic carbocycles. The molecule has 0 unspecified atom stereocenters. The Morgan fingerprint density at radius 1 is 1.14 bits per heavy atom. The van der Waals surface area contributed by atoms with E-state index in [0.29, 0.717) is 0 Å². The highest BCUT2D eigenvalue weighted by molar-refractivity contribution is 6.30. The van der Waals surface area contributed by atoms with Gasteiger partial charge >= 0.3 is 0 Å². The number of aryl methyl sites for hydroxylation is 1. The van der Waals surface area contributed by atoms with Gasteiger partial charge in [-0.3, -0.25) is 0 Å². The normalized spacial score (nSPS) is 12.4. The van der Waals surface area contributed by atoms with Crippen LogP contribution < -0.4 is 0 Å². The molecule has 0 amide bonds. The fraction of sp³-hybridized carbons (Fsp3) is 0.385. The van der Waals surface area contributed by atoms with Crippen molar-refractivity contribution in [3.8, 4) is 0 Å². The average Bonchev–Trinajstić information content (AvgIpc) is 1.97. The van der Waals surface area contributed by atoms with Crippen LogP contribution in [-0.2, 0) is 0 Å². The van der Waals surface area contributed by atoms with Crippen LogP contribution in [0.1, 0.15) is 31.9 Å². The lowest BCUT2D eigenvalue weighted by molar-refractivity contribution is 0.547. The van der Waals surface area contributed by atoms with Crippen molar-refractivity contribution in [3.05, 3.63) is 40.4 Å². The van der Waals surface area contributed by atoms with Crippen LogP contribution in [-0.4, -0.2) is 0 Å². The Kier molecular flexibility index (Phi) is 3.38. The van der Waals surface area contributed by atoms with Crippen LogP contribution in [0.3, 0.4) is 0 Å². The first-order chi connectivity index (χ1) is 6.37. The number of hydrogen-bond acceptors (Lipinski definition) is 0. The number of halogens is 1. The summed E-state index contributed by atoms with van der Waals surface area (Å²) in [6.45, 7) is 8.60. The van der Waals surface area contributed by atoms with E-state index in [2.05, 4.69) is 45.9 Å². The summed E-state index contributed by atoms with van der Waals surface area (Å²) >= 11 is 5.97. The van der Waals surface area contributed by atoms with E-state index in [9.17, 15) is 0 Å². The highest BCUT2D eigenvalue weighted by atomic mass is 35.5. The monoisotopic (exact) mass is 208 g/mol. The smallest absolute Gasteiger partial charge is 0.0414 e. The molecule has 0 atom stereocenters. The van der Waals surface area contributed by atoms with Crippen LogP contribution >= 0.6 is 11.6 Å². The van der Waals surface area contributed by atoms with E-state index in [4.69, 9.17) is 11.6 Å². The van der Waals surface area contributed by atoms with E-state index >= 15 is 0 Å². The Morgan fingerprint density at radius 3 is 2.29 bits per heavy atom. The molecule has 1 aromatic rings. The largest absolute Gasteiger partial charge is 0.0843 e. The minimum Gasteiger partial charge on any atom is -0.0843 e. The molecule has 0 heterocycles. The summed E-state index contributed by atoms with van der Waals surface area (Å²) < 4.78 is 0. The van der Waals surface area contributed by atoms with Crippen molar-refractivity contribution in [2.45, 2.75) is 27.7 Å². The molecule has 76 valence electrons. The Hall–Kier alpha value is -0.750. The average molecular weight is 209 g/mol. The number of rotatable bonds is 1. The highest BCUT2D eigenvalue weighted by Crippen LogP contribution is 2.20. The lowest BCUT2D eigenvalue weighted by Crippen LogP contribution is -1.97. The number of hydrogen-bond donors (Lipinski definition) is 0. The molecular weight excluding hydrogens is 192 g/mol. The summed E-state index contributed by atoms with van der Waals surface area (Å²) in [6.07, 6.45) is 4.32. The minimum atomic E-state index is 0.218. The maximum Gasteiger partial charge on any atom is 0.0414 e. The molecule has 0 aliphatic heterocycles. The maximum atomic E-state index is 5.97. The van der Waals surface area contributed by atoms with E-state index in [1.54, 1.807) is 0 Å². The van der Waals surface area contributed by atoms with Gasteiger partial charge in [-0.1, -0.05) is 50.6 Å². The van der Waals surface area contributed by atoms with Gasteiger partial charge in [0.1, 0.15) is 0 Å². The first-order valence-corrected chi connectivity index (χ1v) is 5.21. The molecule has 0 spiro atoms. The van der Waals surface area contributed by atoms with Crippen molar-refractivity contribution in [2.75, 3.05) is 0 Å². The summed E-state index contributed by atoms with van der Waals surface area (Å²) in [7, 11) is 0. The first kappa shape index (κ1) is 11.3. The topological polar surface area (TPSA) is 0 Å². The third-order valence-electron chi connectivity index (χ3n) is 1.84. The molecule has 0 aromatic heterocycles. The Morgan fingerprint density at radius 2 is 1.79 bits per heavy atom. The maximum absolute atomic E-state index is 5.97. The van der Waals surface area contributed by atoms with E-state index in [1.807, 2.05) is 12.1 Å². The van der Waals surface area contributed by atoms with Gasteiger partial charge in [0.05, 0.1) is 0 Å². The molecule has 1 heteroatoms. The summed E-state index contributed by atoms with van der Waals surface area (Å²) in [5, 5.41) is 0.804. The standard InChI is InChI=1S/C13H17Cl/c1-10-7-11(9-12(14)8-10)5-6-13(2,3)4/h5-9H,1-4H3/b6-5+. The zero-order valence-corrected chi connectivity index (χ0v) is 10.0. The second-order valence-corrected chi connectivity index (χ2v) is 5.20. The first-order valence-electron chi connectivity index (χ1n) is 4.83. The van der Waals surface area contributed by atoms with Crippen LogP contribution in [0, 0.1) is 12.3 Å². The molecule has 0 N–H and O–H groups in total. The lowest BCUT2D eigenvalue weighted by atomic mass is 9.95. The molecule has 0 fully saturated rings. The molecule has 0 aliphatic rings. The lowest BCUT2D eigenvalue weighted by Gasteiger charge is -2.11. The van der Waals surface area contributed by atoms with Crippen molar-refractivity contribution in [1.82, 2.24) is 0 Å². The van der Waals surface area contributed by atoms with Gasteiger partial charge in [-0.05, 0) is 35.6 Å². The van der Waals surface area contributed by atoms with Crippen molar-refractivity contribution in [3.63, 3.8) is 0 Å². The summed E-state index contributed by atoms with van der Waals surface area (Å²) in [6, 6.07) is 6.08. The van der Waals surface area contributed by atoms with Crippen LogP contribution in [0.4, 0.5) is 0 Å². The van der Waals surface area contributed by atoms with Crippen LogP contribution in [0.2, 0.25) is 5.02 Å². The molecule has 1 rings (SSSR count). The van der Waals surface area contributed by atoms with Crippen molar-refractivity contribution in [1.29, 1.82) is 0 Å². The molecular formula is C13H17Cl. The van der Waals surface area contributed by atoms with Crippen molar-refractivity contribution in [2.24, 2.45) is 5.41 Å². The Balaban J connectivity index is 2.92. The van der Waals surface area contributed by atoms with Gasteiger partial charge in [-0.25, -0.2) is 0 Å². The van der Waals surface area contributed by atoms with E-state index in [1.165, 1.54) is 11.1 Å². The number of allylic oxidation sites excluding steroid dienone is 1. The second kappa shape index (κ2) is 4.18. The quantitative estimate of drug-likeness (QED) is 0.627. The Labute approximate surface area is 91.6 Å². The van der Waals surface area contributed by atoms with E-state index in [0.717, 1.165) is 5.02 Å². The van der Waals surface area contributed by atoms with Gasteiger partial charge in [0, 0.05) is 5.02 Å². The van der Waals surface area contributed by atoms with Crippen molar-refractivity contribution < 1.29 is 0 Å². The molecule has 0 radical (unpaired) electrons. The summed E-state index contributed by atoms with van der Waals surface area (Å²) in [5.74, 6) is 0. The third-order valence-corrected chi connectivity index (χ3v) is 2.06. The van der Waals surface area contributed by atoms with Crippen molar-refractivity contribution >= 4 is 17.7 Å². The predicted octanol–water partition coefficient (Wildman–Crippen LogP) is 4.71. The van der Waals surface area contributed by atoms with Crippen LogP contribution in [0.5, 0.6) is 0 Å². The van der Waals surface area contributed by atoms with Gasteiger partial charge < -0.3 is 0 Å². The fourth-order valence-corrected chi connectivity index (χ4v) is 1.51.